The summed E-state index contributed by atoms with van der Waals surface area (Å²) in [6, 6.07) is 11.6. The third kappa shape index (κ3) is 4.71. The lowest BCUT2D eigenvalue weighted by Crippen LogP contribution is -2.45. The van der Waals surface area contributed by atoms with Crippen molar-refractivity contribution < 1.29 is 14.0 Å². The maximum absolute atomic E-state index is 12.9. The molecule has 3 heterocycles. The molecule has 0 radical (unpaired) electrons. The van der Waals surface area contributed by atoms with Gasteiger partial charge in [0.25, 0.3) is 0 Å². The zero-order valence-corrected chi connectivity index (χ0v) is 17.9. The highest BCUT2D eigenvalue weighted by atomic mass is 32.1. The van der Waals surface area contributed by atoms with E-state index in [1.165, 1.54) is 0 Å². The molecular formula is C22H26N4O3S. The van der Waals surface area contributed by atoms with Crippen LogP contribution >= 0.6 is 11.3 Å². The number of likely N-dealkylation sites (tertiary alicyclic amines) is 1. The Morgan fingerprint density at radius 3 is 2.73 bits per heavy atom. The smallest absolute Gasteiger partial charge is 0.242 e. The van der Waals surface area contributed by atoms with Crippen LogP contribution in [0.1, 0.15) is 25.5 Å². The number of carbonyl (C=O) groups excluding carboxylic acids is 2. The number of amides is 2. The summed E-state index contributed by atoms with van der Waals surface area (Å²) in [5, 5.41) is 3.68. The minimum Gasteiger partial charge on any atom is -0.467 e. The van der Waals surface area contributed by atoms with Crippen LogP contribution in [0.3, 0.4) is 0 Å². The first-order chi connectivity index (χ1) is 14.6. The van der Waals surface area contributed by atoms with E-state index in [0.29, 0.717) is 19.6 Å². The number of benzene rings is 1. The monoisotopic (exact) mass is 426 g/mol. The van der Waals surface area contributed by atoms with Crippen molar-refractivity contribution in [3.8, 4) is 0 Å². The summed E-state index contributed by atoms with van der Waals surface area (Å²) < 4.78 is 6.33. The van der Waals surface area contributed by atoms with Crippen LogP contribution in [-0.2, 0) is 16.1 Å². The van der Waals surface area contributed by atoms with Crippen molar-refractivity contribution in [1.82, 2.24) is 15.2 Å². The first kappa shape index (κ1) is 20.6. The van der Waals surface area contributed by atoms with Gasteiger partial charge in [0.05, 0.1) is 29.6 Å². The molecule has 7 nitrogen and oxygen atoms in total. The molecule has 8 heteroatoms. The number of nitrogens with one attached hydrogen (secondary N) is 1. The molecule has 1 aliphatic rings. The van der Waals surface area contributed by atoms with Crippen LogP contribution in [0.15, 0.2) is 47.1 Å². The van der Waals surface area contributed by atoms with Gasteiger partial charge in [0, 0.05) is 12.5 Å². The Bertz CT molecular complexity index is 960. The van der Waals surface area contributed by atoms with Gasteiger partial charge < -0.3 is 9.73 Å². The van der Waals surface area contributed by atoms with Crippen LogP contribution in [-0.4, -0.2) is 47.9 Å². The Kier molecular flexibility index (Phi) is 6.44. The van der Waals surface area contributed by atoms with Gasteiger partial charge in [0.15, 0.2) is 5.13 Å². The van der Waals surface area contributed by atoms with Gasteiger partial charge in [-0.1, -0.05) is 23.5 Å². The number of likely N-dealkylation sites (N-methyl/N-ethyl adjacent to an activating group) is 1. The van der Waals surface area contributed by atoms with Gasteiger partial charge >= 0.3 is 0 Å². The maximum Gasteiger partial charge on any atom is 0.242 e. The number of para-hydroxylation sites is 1. The first-order valence-electron chi connectivity index (χ1n) is 10.3. The number of piperidine rings is 1. The molecule has 1 saturated heterocycles. The summed E-state index contributed by atoms with van der Waals surface area (Å²) in [6.45, 7) is 4.80. The summed E-state index contributed by atoms with van der Waals surface area (Å²) in [6.07, 6.45) is 3.11. The molecule has 1 aromatic carbocycles. The fourth-order valence-corrected chi connectivity index (χ4v) is 4.80. The topological polar surface area (TPSA) is 78.7 Å². The Morgan fingerprint density at radius 2 is 2.03 bits per heavy atom. The van der Waals surface area contributed by atoms with E-state index in [1.54, 1.807) is 22.5 Å². The molecule has 0 unspecified atom stereocenters. The molecule has 158 valence electrons. The zero-order chi connectivity index (χ0) is 20.9. The summed E-state index contributed by atoms with van der Waals surface area (Å²) in [5.74, 6) is 0.845. The number of anilines is 1. The SMILES string of the molecule is CCN(C(=O)CN1CCC(C(=O)NCc2ccco2)CC1)c1nc2ccccc2s1. The van der Waals surface area contributed by atoms with Crippen molar-refractivity contribution in [3.05, 3.63) is 48.4 Å². The molecular weight excluding hydrogens is 400 g/mol. The van der Waals surface area contributed by atoms with Gasteiger partial charge in [-0.15, -0.1) is 0 Å². The number of rotatable bonds is 7. The lowest BCUT2D eigenvalue weighted by molar-refractivity contribution is -0.126. The first-order valence-corrected chi connectivity index (χ1v) is 11.1. The van der Waals surface area contributed by atoms with E-state index >= 15 is 0 Å². The van der Waals surface area contributed by atoms with E-state index in [1.807, 2.05) is 43.3 Å². The molecule has 2 amide bonds. The fourth-order valence-electron chi connectivity index (χ4n) is 3.76. The number of hydrogen-bond acceptors (Lipinski definition) is 6. The van der Waals surface area contributed by atoms with E-state index in [2.05, 4.69) is 15.2 Å². The Morgan fingerprint density at radius 1 is 1.23 bits per heavy atom. The highest BCUT2D eigenvalue weighted by molar-refractivity contribution is 7.22. The number of thiazole rings is 1. The second-order valence-electron chi connectivity index (χ2n) is 7.45. The molecule has 1 aliphatic heterocycles. The maximum atomic E-state index is 12.9. The number of furan rings is 1. The Labute approximate surface area is 179 Å². The van der Waals surface area contributed by atoms with Crippen LogP contribution in [0.25, 0.3) is 10.2 Å². The third-order valence-electron chi connectivity index (χ3n) is 5.46. The predicted molar refractivity (Wildman–Crippen MR) is 117 cm³/mol. The second-order valence-corrected chi connectivity index (χ2v) is 8.46. The van der Waals surface area contributed by atoms with Gasteiger partial charge in [-0.3, -0.25) is 19.4 Å². The largest absolute Gasteiger partial charge is 0.467 e. The van der Waals surface area contributed by atoms with Crippen molar-refractivity contribution in [2.75, 3.05) is 31.1 Å². The minimum absolute atomic E-state index is 0.0159. The second kappa shape index (κ2) is 9.40. The Hall–Kier alpha value is -2.71. The normalized spacial score (nSPS) is 15.4. The average Bonchev–Trinajstić information content (AvgIpc) is 3.42. The van der Waals surface area contributed by atoms with Crippen LogP contribution in [0, 0.1) is 5.92 Å². The molecule has 1 N–H and O–H groups in total. The van der Waals surface area contributed by atoms with Gasteiger partial charge in [-0.25, -0.2) is 4.98 Å². The highest BCUT2D eigenvalue weighted by Gasteiger charge is 2.27. The van der Waals surface area contributed by atoms with E-state index in [0.717, 1.165) is 47.0 Å². The lowest BCUT2D eigenvalue weighted by Gasteiger charge is -2.32. The minimum atomic E-state index is -0.0159. The number of fused-ring (bicyclic) bond motifs is 1. The molecule has 3 aromatic rings. The number of carbonyl (C=O) groups is 2. The molecule has 0 aliphatic carbocycles. The number of aromatic nitrogens is 1. The molecule has 0 atom stereocenters. The van der Waals surface area contributed by atoms with E-state index in [9.17, 15) is 9.59 Å². The van der Waals surface area contributed by atoms with Crippen molar-refractivity contribution >= 4 is 38.5 Å². The van der Waals surface area contributed by atoms with Crippen molar-refractivity contribution in [2.24, 2.45) is 5.92 Å². The molecule has 4 rings (SSSR count). The number of hydrogen-bond donors (Lipinski definition) is 1. The number of nitrogens with zero attached hydrogens (tertiary/aromatic N) is 3. The quantitative estimate of drug-likeness (QED) is 0.627. The standard InChI is InChI=1S/C22H26N4O3S/c1-2-26(22-24-18-7-3-4-8-19(18)30-22)20(27)15-25-11-9-16(10-12-25)21(28)23-14-17-6-5-13-29-17/h3-8,13,16H,2,9-12,14-15H2,1H3,(H,23,28). The van der Waals surface area contributed by atoms with Crippen LogP contribution in [0.5, 0.6) is 0 Å². The summed E-state index contributed by atoms with van der Waals surface area (Å²) in [4.78, 5) is 33.8. The van der Waals surface area contributed by atoms with Crippen molar-refractivity contribution in [3.63, 3.8) is 0 Å². The summed E-state index contributed by atoms with van der Waals surface area (Å²) in [5.41, 5.74) is 0.921. The molecule has 0 saturated carbocycles. The zero-order valence-electron chi connectivity index (χ0n) is 17.0. The average molecular weight is 427 g/mol. The van der Waals surface area contributed by atoms with Crippen LogP contribution in [0.4, 0.5) is 5.13 Å². The predicted octanol–water partition coefficient (Wildman–Crippen LogP) is 3.27. The molecule has 1 fully saturated rings. The molecule has 2 aromatic heterocycles. The third-order valence-corrected chi connectivity index (χ3v) is 6.52. The molecule has 30 heavy (non-hydrogen) atoms. The van der Waals surface area contributed by atoms with E-state index in [4.69, 9.17) is 4.42 Å². The summed E-state index contributed by atoms with van der Waals surface area (Å²) in [7, 11) is 0. The highest BCUT2D eigenvalue weighted by Crippen LogP contribution is 2.28. The van der Waals surface area contributed by atoms with E-state index in [-0.39, 0.29) is 17.7 Å². The van der Waals surface area contributed by atoms with Gasteiger partial charge in [-0.2, -0.15) is 0 Å². The lowest BCUT2D eigenvalue weighted by atomic mass is 9.96. The van der Waals surface area contributed by atoms with Crippen LogP contribution < -0.4 is 10.2 Å². The fraction of sp³-hybridized carbons (Fsp3) is 0.409. The summed E-state index contributed by atoms with van der Waals surface area (Å²) >= 11 is 1.54. The van der Waals surface area contributed by atoms with Crippen LogP contribution in [0.2, 0.25) is 0 Å². The molecule has 0 bridgehead atoms. The van der Waals surface area contributed by atoms with E-state index < -0.39 is 0 Å². The Balaban J connectivity index is 1.28. The molecule has 0 spiro atoms. The van der Waals surface area contributed by atoms with Gasteiger partial charge in [-0.05, 0) is 57.1 Å². The van der Waals surface area contributed by atoms with Crippen molar-refractivity contribution in [2.45, 2.75) is 26.3 Å². The van der Waals surface area contributed by atoms with Gasteiger partial charge in [0.1, 0.15) is 5.76 Å². The van der Waals surface area contributed by atoms with Crippen molar-refractivity contribution in [1.29, 1.82) is 0 Å². The van der Waals surface area contributed by atoms with Gasteiger partial charge in [0.2, 0.25) is 11.8 Å².